The number of amides is 3. The van der Waals surface area contributed by atoms with Crippen molar-refractivity contribution in [2.24, 2.45) is 5.73 Å². The number of phenols is 1. The van der Waals surface area contributed by atoms with Crippen LogP contribution in [0.1, 0.15) is 25.3 Å². The van der Waals surface area contributed by atoms with Gasteiger partial charge in [-0.3, -0.25) is 19.2 Å². The van der Waals surface area contributed by atoms with Crippen molar-refractivity contribution in [1.82, 2.24) is 16.0 Å². The van der Waals surface area contributed by atoms with E-state index in [1.165, 1.54) is 19.1 Å². The molecule has 1 rings (SSSR count). The van der Waals surface area contributed by atoms with Crippen LogP contribution < -0.4 is 21.7 Å². The van der Waals surface area contributed by atoms with Crippen LogP contribution in [0.25, 0.3) is 0 Å². The standard InChI is InChI=1S/C20H28N4O9/c1-10(17(29)24-15(9-25)20(32)33)22-19(31)14(6-7-16(27)28)23-18(30)13(21)8-11-2-4-12(26)5-3-11/h2-5,10,13-15,25-26H,6-9,21H2,1H3,(H,22,31)(H,23,30)(H,24,29)(H,27,28)(H,32,33). The van der Waals surface area contributed by atoms with Crippen LogP contribution in [-0.4, -0.2) is 80.9 Å². The first-order valence-electron chi connectivity index (χ1n) is 9.94. The van der Waals surface area contributed by atoms with Gasteiger partial charge in [0.2, 0.25) is 17.7 Å². The molecule has 33 heavy (non-hydrogen) atoms. The molecule has 1 aromatic rings. The van der Waals surface area contributed by atoms with Crippen LogP contribution in [0.15, 0.2) is 24.3 Å². The number of rotatable bonds is 13. The summed E-state index contributed by atoms with van der Waals surface area (Å²) in [6.07, 6.45) is -0.671. The van der Waals surface area contributed by atoms with Gasteiger partial charge in [0, 0.05) is 6.42 Å². The van der Waals surface area contributed by atoms with E-state index >= 15 is 0 Å². The Morgan fingerprint density at radius 1 is 0.909 bits per heavy atom. The van der Waals surface area contributed by atoms with Gasteiger partial charge in [0.25, 0.3) is 0 Å². The second kappa shape index (κ2) is 13.0. The summed E-state index contributed by atoms with van der Waals surface area (Å²) in [7, 11) is 0. The summed E-state index contributed by atoms with van der Waals surface area (Å²) in [4.78, 5) is 59.0. The van der Waals surface area contributed by atoms with Crippen LogP contribution in [0.4, 0.5) is 0 Å². The first-order valence-corrected chi connectivity index (χ1v) is 9.94. The number of benzene rings is 1. The normalized spacial score (nSPS) is 14.3. The third-order valence-electron chi connectivity index (χ3n) is 4.56. The highest BCUT2D eigenvalue weighted by molar-refractivity contribution is 5.94. The molecular formula is C20H28N4O9. The molecular weight excluding hydrogens is 440 g/mol. The van der Waals surface area contributed by atoms with Gasteiger partial charge in [-0.2, -0.15) is 0 Å². The Hall–Kier alpha value is -3.71. The van der Waals surface area contributed by atoms with Crippen molar-refractivity contribution in [3.8, 4) is 5.75 Å². The Morgan fingerprint density at radius 2 is 1.48 bits per heavy atom. The van der Waals surface area contributed by atoms with Gasteiger partial charge >= 0.3 is 11.9 Å². The minimum atomic E-state index is -1.57. The van der Waals surface area contributed by atoms with Crippen LogP contribution in [0.3, 0.4) is 0 Å². The fourth-order valence-electron chi connectivity index (χ4n) is 2.66. The Bertz CT molecular complexity index is 860. The van der Waals surface area contributed by atoms with Crippen molar-refractivity contribution in [2.75, 3.05) is 6.61 Å². The number of aliphatic carboxylic acids is 2. The molecule has 0 bridgehead atoms. The lowest BCUT2D eigenvalue weighted by molar-refractivity contribution is -0.143. The van der Waals surface area contributed by atoms with E-state index in [9.17, 15) is 29.1 Å². The summed E-state index contributed by atoms with van der Waals surface area (Å²) in [5.41, 5.74) is 6.52. The number of hydrogen-bond acceptors (Lipinski definition) is 8. The Balaban J connectivity index is 2.79. The van der Waals surface area contributed by atoms with Crippen molar-refractivity contribution in [1.29, 1.82) is 0 Å². The molecule has 4 unspecified atom stereocenters. The highest BCUT2D eigenvalue weighted by atomic mass is 16.4. The number of carbonyl (C=O) groups excluding carboxylic acids is 3. The molecule has 182 valence electrons. The number of hydrogen-bond donors (Lipinski definition) is 8. The first-order chi connectivity index (χ1) is 15.4. The smallest absolute Gasteiger partial charge is 0.328 e. The number of carbonyl (C=O) groups is 5. The summed E-state index contributed by atoms with van der Waals surface area (Å²) in [5, 5.41) is 42.7. The van der Waals surface area contributed by atoms with E-state index in [-0.39, 0.29) is 18.6 Å². The lowest BCUT2D eigenvalue weighted by Gasteiger charge is -2.23. The average Bonchev–Trinajstić information content (AvgIpc) is 2.75. The summed E-state index contributed by atoms with van der Waals surface area (Å²) < 4.78 is 0. The molecule has 0 aliphatic heterocycles. The predicted octanol–water partition coefficient (Wildman–Crippen LogP) is -2.32. The fraction of sp³-hybridized carbons (Fsp3) is 0.450. The fourth-order valence-corrected chi connectivity index (χ4v) is 2.66. The van der Waals surface area contributed by atoms with Gasteiger partial charge in [-0.05, 0) is 37.5 Å². The van der Waals surface area contributed by atoms with E-state index < -0.39 is 66.9 Å². The molecule has 0 aliphatic rings. The molecule has 13 nitrogen and oxygen atoms in total. The number of phenolic OH excluding ortho intramolecular Hbond substituents is 1. The average molecular weight is 468 g/mol. The van der Waals surface area contributed by atoms with Gasteiger partial charge in [-0.25, -0.2) is 4.79 Å². The van der Waals surface area contributed by atoms with Crippen LogP contribution in [0.2, 0.25) is 0 Å². The Labute approximate surface area is 189 Å². The molecule has 0 saturated carbocycles. The largest absolute Gasteiger partial charge is 0.508 e. The van der Waals surface area contributed by atoms with Gasteiger partial charge in [-0.15, -0.1) is 0 Å². The zero-order chi connectivity index (χ0) is 25.1. The van der Waals surface area contributed by atoms with Crippen LogP contribution in [0, 0.1) is 0 Å². The molecule has 0 fully saturated rings. The molecule has 3 amide bonds. The highest BCUT2D eigenvalue weighted by Crippen LogP contribution is 2.11. The van der Waals surface area contributed by atoms with E-state index in [2.05, 4.69) is 10.6 Å². The van der Waals surface area contributed by atoms with Crippen molar-refractivity contribution in [3.05, 3.63) is 29.8 Å². The van der Waals surface area contributed by atoms with E-state index in [1.807, 2.05) is 5.32 Å². The summed E-state index contributed by atoms with van der Waals surface area (Å²) in [6, 6.07) is 0.724. The zero-order valence-electron chi connectivity index (χ0n) is 17.9. The van der Waals surface area contributed by atoms with Crippen molar-refractivity contribution < 1.29 is 44.4 Å². The molecule has 0 saturated heterocycles. The molecule has 0 spiro atoms. The third kappa shape index (κ3) is 9.53. The SMILES string of the molecule is CC(NC(=O)C(CCC(=O)O)NC(=O)C(N)Cc1ccc(O)cc1)C(=O)NC(CO)C(=O)O. The number of nitrogens with one attached hydrogen (secondary N) is 3. The van der Waals surface area contributed by atoms with Crippen LogP contribution in [-0.2, 0) is 30.4 Å². The third-order valence-corrected chi connectivity index (χ3v) is 4.56. The number of aromatic hydroxyl groups is 1. The van der Waals surface area contributed by atoms with Gasteiger partial charge in [0.05, 0.1) is 12.6 Å². The number of aliphatic hydroxyl groups excluding tert-OH is 1. The minimum absolute atomic E-state index is 0.0361. The van der Waals surface area contributed by atoms with Gasteiger partial charge in [-0.1, -0.05) is 12.1 Å². The number of carboxylic acid groups (broad SMARTS) is 2. The predicted molar refractivity (Wildman–Crippen MR) is 113 cm³/mol. The molecule has 0 heterocycles. The lowest BCUT2D eigenvalue weighted by Crippen LogP contribution is -2.56. The highest BCUT2D eigenvalue weighted by Gasteiger charge is 2.28. The van der Waals surface area contributed by atoms with E-state index in [1.54, 1.807) is 12.1 Å². The van der Waals surface area contributed by atoms with Crippen LogP contribution >= 0.6 is 0 Å². The summed E-state index contributed by atoms with van der Waals surface area (Å²) >= 11 is 0. The van der Waals surface area contributed by atoms with Gasteiger partial charge < -0.3 is 42.1 Å². The topological polar surface area (TPSA) is 228 Å². The Kier molecular flexibility index (Phi) is 10.7. The maximum absolute atomic E-state index is 12.6. The lowest BCUT2D eigenvalue weighted by atomic mass is 10.0. The van der Waals surface area contributed by atoms with Crippen molar-refractivity contribution in [2.45, 2.75) is 50.4 Å². The van der Waals surface area contributed by atoms with Crippen molar-refractivity contribution >= 4 is 29.7 Å². The number of nitrogens with two attached hydrogens (primary N) is 1. The van der Waals surface area contributed by atoms with E-state index in [4.69, 9.17) is 21.1 Å². The number of aliphatic hydroxyl groups is 1. The molecule has 0 radical (unpaired) electrons. The minimum Gasteiger partial charge on any atom is -0.508 e. The van der Waals surface area contributed by atoms with E-state index in [0.717, 1.165) is 0 Å². The first kappa shape index (κ1) is 27.3. The molecule has 13 heteroatoms. The molecule has 9 N–H and O–H groups in total. The van der Waals surface area contributed by atoms with Gasteiger partial charge in [0.15, 0.2) is 0 Å². The summed E-state index contributed by atoms with van der Waals surface area (Å²) in [6.45, 7) is 0.383. The second-order valence-electron chi connectivity index (χ2n) is 7.28. The van der Waals surface area contributed by atoms with Crippen molar-refractivity contribution in [3.63, 3.8) is 0 Å². The molecule has 1 aromatic carbocycles. The monoisotopic (exact) mass is 468 g/mol. The Morgan fingerprint density at radius 3 is 2.00 bits per heavy atom. The quantitative estimate of drug-likeness (QED) is 0.154. The number of carboxylic acids is 2. The molecule has 4 atom stereocenters. The second-order valence-corrected chi connectivity index (χ2v) is 7.28. The summed E-state index contributed by atoms with van der Waals surface area (Å²) in [5.74, 6) is -5.17. The van der Waals surface area contributed by atoms with E-state index in [0.29, 0.717) is 5.56 Å². The molecule has 0 aromatic heterocycles. The molecule has 0 aliphatic carbocycles. The van der Waals surface area contributed by atoms with Crippen LogP contribution in [0.5, 0.6) is 5.75 Å². The maximum atomic E-state index is 12.6. The maximum Gasteiger partial charge on any atom is 0.328 e. The van der Waals surface area contributed by atoms with Gasteiger partial charge in [0.1, 0.15) is 23.9 Å². The zero-order valence-corrected chi connectivity index (χ0v) is 17.9.